The molecule has 0 aromatic heterocycles. The lowest BCUT2D eigenvalue weighted by Crippen LogP contribution is -2.57. The minimum absolute atomic E-state index is 0.0105. The van der Waals surface area contributed by atoms with Crippen LogP contribution in [0.2, 0.25) is 0 Å². The fraction of sp³-hybridized carbons (Fsp3) is 0.588. The molecule has 114 valence electrons. The van der Waals surface area contributed by atoms with E-state index >= 15 is 0 Å². The molecule has 0 amide bonds. The maximum absolute atomic E-state index is 6.24. The maximum atomic E-state index is 6.24. The number of hydrogen-bond donors (Lipinski definition) is 1. The second kappa shape index (κ2) is 5.34. The first-order chi connectivity index (χ1) is 10.0. The van der Waals surface area contributed by atoms with Gasteiger partial charge in [0.1, 0.15) is 0 Å². The molecule has 2 atom stereocenters. The number of para-hydroxylation sites is 1. The Labute approximate surface area is 127 Å². The highest BCUT2D eigenvalue weighted by Crippen LogP contribution is 2.40. The summed E-state index contributed by atoms with van der Waals surface area (Å²) in [6, 6.07) is 8.41. The molecule has 1 spiro atoms. The predicted molar refractivity (Wildman–Crippen MR) is 86.7 cm³/mol. The molecule has 2 heterocycles. The molecule has 21 heavy (non-hydrogen) atoms. The van der Waals surface area contributed by atoms with Crippen molar-refractivity contribution in [2.45, 2.75) is 45.3 Å². The van der Waals surface area contributed by atoms with Crippen molar-refractivity contribution >= 4 is 11.6 Å². The summed E-state index contributed by atoms with van der Waals surface area (Å²) in [4.78, 5) is 6.83. The third-order valence-corrected chi connectivity index (χ3v) is 4.82. The van der Waals surface area contributed by atoms with Crippen molar-refractivity contribution in [2.24, 2.45) is 16.6 Å². The fourth-order valence-electron chi connectivity index (χ4n) is 3.52. The van der Waals surface area contributed by atoms with Crippen molar-refractivity contribution in [2.75, 3.05) is 18.1 Å². The van der Waals surface area contributed by atoms with E-state index in [-0.39, 0.29) is 11.6 Å². The van der Waals surface area contributed by atoms with Crippen LogP contribution in [0.1, 0.15) is 32.3 Å². The molecule has 1 saturated heterocycles. The summed E-state index contributed by atoms with van der Waals surface area (Å²) in [5, 5.41) is 0. The molecule has 0 saturated carbocycles. The van der Waals surface area contributed by atoms with E-state index in [4.69, 9.17) is 10.5 Å². The van der Waals surface area contributed by atoms with Gasteiger partial charge in [-0.15, -0.1) is 0 Å². The van der Waals surface area contributed by atoms with E-state index in [2.05, 4.69) is 54.9 Å². The normalized spacial score (nSPS) is 29.2. The highest BCUT2D eigenvalue weighted by atomic mass is 16.5. The molecule has 0 bridgehead atoms. The van der Waals surface area contributed by atoms with Crippen molar-refractivity contribution in [1.82, 2.24) is 0 Å². The Morgan fingerprint density at radius 2 is 2.14 bits per heavy atom. The van der Waals surface area contributed by atoms with Crippen molar-refractivity contribution in [3.8, 4) is 0 Å². The lowest BCUT2D eigenvalue weighted by molar-refractivity contribution is -0.0380. The molecule has 2 unspecified atom stereocenters. The second-order valence-corrected chi connectivity index (χ2v) is 6.63. The molecule has 2 N–H and O–H groups in total. The average Bonchev–Trinajstić information content (AvgIpc) is 2.76. The van der Waals surface area contributed by atoms with Gasteiger partial charge in [0.25, 0.3) is 0 Å². The molecule has 1 fully saturated rings. The summed E-state index contributed by atoms with van der Waals surface area (Å²) in [6.45, 7) is 8.14. The van der Waals surface area contributed by atoms with Gasteiger partial charge in [-0.2, -0.15) is 0 Å². The lowest BCUT2D eigenvalue weighted by atomic mass is 9.82. The van der Waals surface area contributed by atoms with Gasteiger partial charge in [-0.05, 0) is 37.3 Å². The minimum Gasteiger partial charge on any atom is -0.378 e. The highest BCUT2D eigenvalue weighted by molar-refractivity contribution is 5.99. The number of benzene rings is 1. The van der Waals surface area contributed by atoms with Crippen LogP contribution in [0.15, 0.2) is 29.3 Å². The Kier molecular flexibility index (Phi) is 3.66. The van der Waals surface area contributed by atoms with Crippen molar-refractivity contribution in [3.63, 3.8) is 0 Å². The van der Waals surface area contributed by atoms with E-state index in [1.54, 1.807) is 0 Å². The van der Waals surface area contributed by atoms with Gasteiger partial charge in [0.15, 0.2) is 5.96 Å². The van der Waals surface area contributed by atoms with Crippen LogP contribution < -0.4 is 10.6 Å². The summed E-state index contributed by atoms with van der Waals surface area (Å²) in [6.07, 6.45) is 2.25. The minimum atomic E-state index is -0.0105. The van der Waals surface area contributed by atoms with Crippen molar-refractivity contribution < 1.29 is 4.74 Å². The summed E-state index contributed by atoms with van der Waals surface area (Å²) in [5.41, 5.74) is 8.65. The number of nitrogens with zero attached hydrogens (tertiary/aromatic N) is 2. The van der Waals surface area contributed by atoms with Gasteiger partial charge in [0.2, 0.25) is 0 Å². The molecule has 4 nitrogen and oxygen atoms in total. The zero-order valence-electron chi connectivity index (χ0n) is 13.2. The van der Waals surface area contributed by atoms with Gasteiger partial charge in [0, 0.05) is 12.3 Å². The summed E-state index contributed by atoms with van der Waals surface area (Å²) in [5.74, 6) is 1.16. The number of nitrogens with two attached hydrogens (primary N) is 1. The van der Waals surface area contributed by atoms with Gasteiger partial charge in [-0.1, -0.05) is 32.0 Å². The zero-order valence-corrected chi connectivity index (χ0v) is 13.2. The molecule has 2 aliphatic rings. The number of anilines is 1. The van der Waals surface area contributed by atoms with Gasteiger partial charge >= 0.3 is 0 Å². The Bertz CT molecular complexity index is 555. The average molecular weight is 287 g/mol. The van der Waals surface area contributed by atoms with Crippen LogP contribution in [-0.4, -0.2) is 30.8 Å². The summed E-state index contributed by atoms with van der Waals surface area (Å²) >= 11 is 0. The number of ether oxygens (including phenoxy) is 1. The molecule has 2 aliphatic heterocycles. The first-order valence-electron chi connectivity index (χ1n) is 7.81. The van der Waals surface area contributed by atoms with Crippen LogP contribution in [0.3, 0.4) is 0 Å². The van der Waals surface area contributed by atoms with E-state index in [1.165, 1.54) is 11.3 Å². The molecule has 4 heteroatoms. The molecular weight excluding hydrogens is 262 g/mol. The van der Waals surface area contributed by atoms with E-state index in [9.17, 15) is 0 Å². The Balaban J connectivity index is 1.97. The topological polar surface area (TPSA) is 50.8 Å². The van der Waals surface area contributed by atoms with E-state index in [0.29, 0.717) is 11.9 Å². The van der Waals surface area contributed by atoms with Gasteiger partial charge < -0.3 is 15.4 Å². The molecular formula is C17H25N3O. The van der Waals surface area contributed by atoms with Gasteiger partial charge in [0.05, 0.1) is 18.2 Å². The number of hydrogen-bond acceptors (Lipinski definition) is 4. The van der Waals surface area contributed by atoms with Gasteiger partial charge in [-0.3, -0.25) is 4.99 Å². The molecule has 0 aliphatic carbocycles. The number of aliphatic imine (C=N–C) groups is 1. The predicted octanol–water partition coefficient (Wildman–Crippen LogP) is 2.70. The molecule has 0 radical (unpaired) electrons. The van der Waals surface area contributed by atoms with E-state index < -0.39 is 0 Å². The summed E-state index contributed by atoms with van der Waals surface area (Å²) < 4.78 is 5.96. The van der Waals surface area contributed by atoms with Crippen LogP contribution >= 0.6 is 0 Å². The Hall–Kier alpha value is -1.55. The largest absolute Gasteiger partial charge is 0.378 e. The Morgan fingerprint density at radius 1 is 1.38 bits per heavy atom. The van der Waals surface area contributed by atoms with Crippen LogP contribution in [0, 0.1) is 12.8 Å². The Morgan fingerprint density at radius 3 is 2.86 bits per heavy atom. The van der Waals surface area contributed by atoms with Crippen LogP contribution in [0.25, 0.3) is 0 Å². The number of rotatable bonds is 2. The van der Waals surface area contributed by atoms with Crippen LogP contribution in [0.5, 0.6) is 0 Å². The van der Waals surface area contributed by atoms with Crippen LogP contribution in [0.4, 0.5) is 5.69 Å². The molecule has 1 aromatic rings. The molecule has 1 aromatic carbocycles. The number of guanidine groups is 1. The third kappa shape index (κ3) is 2.42. The standard InChI is InChI=1S/C17H25N3O/c1-12(2)15-10-17(8-9-21-15)11-19-16(18)20(17)14-7-5-4-6-13(14)3/h4-7,12,15H,8-11H2,1-3H3,(H2,18,19). The quantitative estimate of drug-likeness (QED) is 0.910. The SMILES string of the molecule is Cc1ccccc1N1C(N)=NCC12CCOC(C(C)C)C2. The maximum Gasteiger partial charge on any atom is 0.196 e. The zero-order chi connectivity index (χ0) is 15.0. The van der Waals surface area contributed by atoms with Gasteiger partial charge in [-0.25, -0.2) is 0 Å². The van der Waals surface area contributed by atoms with Crippen molar-refractivity contribution in [3.05, 3.63) is 29.8 Å². The lowest BCUT2D eigenvalue weighted by Gasteiger charge is -2.46. The van der Waals surface area contributed by atoms with E-state index in [0.717, 1.165) is 26.0 Å². The first-order valence-corrected chi connectivity index (χ1v) is 7.81. The van der Waals surface area contributed by atoms with Crippen molar-refractivity contribution in [1.29, 1.82) is 0 Å². The first kappa shape index (κ1) is 14.4. The number of aryl methyl sites for hydroxylation is 1. The second-order valence-electron chi connectivity index (χ2n) is 6.63. The monoisotopic (exact) mass is 287 g/mol. The highest BCUT2D eigenvalue weighted by Gasteiger charge is 2.47. The fourth-order valence-corrected chi connectivity index (χ4v) is 3.52. The summed E-state index contributed by atoms with van der Waals surface area (Å²) in [7, 11) is 0. The molecule has 3 rings (SSSR count). The van der Waals surface area contributed by atoms with E-state index in [1.807, 2.05) is 0 Å². The third-order valence-electron chi connectivity index (χ3n) is 4.82. The van der Waals surface area contributed by atoms with Crippen LogP contribution in [-0.2, 0) is 4.74 Å². The smallest absolute Gasteiger partial charge is 0.196 e.